The molecule has 5 aliphatic rings. The van der Waals surface area contributed by atoms with Crippen LogP contribution in [0.25, 0.3) is 0 Å². The summed E-state index contributed by atoms with van der Waals surface area (Å²) in [6.07, 6.45) is 5.45. The highest BCUT2D eigenvalue weighted by Crippen LogP contribution is 2.65. The maximum Gasteiger partial charge on any atom is 0.257 e. The fourth-order valence-corrected chi connectivity index (χ4v) is 6.07. The Kier molecular flexibility index (Phi) is 3.83. The van der Waals surface area contributed by atoms with Crippen LogP contribution in [0.4, 0.5) is 11.4 Å². The van der Waals surface area contributed by atoms with Crippen molar-refractivity contribution >= 4 is 29.1 Å². The first-order valence-electron chi connectivity index (χ1n) is 11.0. The molecule has 156 valence electrons. The summed E-state index contributed by atoms with van der Waals surface area (Å²) in [5, 5.41) is 2.93. The summed E-state index contributed by atoms with van der Waals surface area (Å²) in [7, 11) is 0. The van der Waals surface area contributed by atoms with Crippen LogP contribution in [0, 0.1) is 49.4 Å². The van der Waals surface area contributed by atoms with Crippen molar-refractivity contribution in [1.82, 2.24) is 0 Å². The van der Waals surface area contributed by atoms with Gasteiger partial charge in [0.25, 0.3) is 5.91 Å². The molecule has 1 heterocycles. The highest BCUT2D eigenvalue weighted by atomic mass is 16.2. The van der Waals surface area contributed by atoms with Gasteiger partial charge in [0.15, 0.2) is 0 Å². The van der Waals surface area contributed by atoms with Crippen molar-refractivity contribution in [2.75, 3.05) is 10.2 Å². The van der Waals surface area contributed by atoms with Crippen LogP contribution in [0.15, 0.2) is 54.6 Å². The number of para-hydroxylation sites is 1. The van der Waals surface area contributed by atoms with E-state index in [1.807, 2.05) is 32.0 Å². The van der Waals surface area contributed by atoms with Crippen molar-refractivity contribution in [2.45, 2.75) is 20.3 Å². The number of carbonyl (C=O) groups excluding carboxylic acids is 3. The molecule has 0 radical (unpaired) electrons. The second-order valence-corrected chi connectivity index (χ2v) is 9.44. The molecule has 5 nitrogen and oxygen atoms in total. The number of hydrogen-bond acceptors (Lipinski definition) is 3. The number of rotatable bonds is 3. The Morgan fingerprint density at radius 2 is 1.55 bits per heavy atom. The van der Waals surface area contributed by atoms with Crippen molar-refractivity contribution in [3.05, 3.63) is 71.3 Å². The smallest absolute Gasteiger partial charge is 0.257 e. The number of carbonyl (C=O) groups is 3. The Morgan fingerprint density at radius 1 is 0.903 bits per heavy atom. The second-order valence-electron chi connectivity index (χ2n) is 9.44. The molecule has 7 rings (SSSR count). The number of nitrogens with one attached hydrogen (secondary N) is 1. The third-order valence-electron chi connectivity index (χ3n) is 7.82. The number of anilines is 2. The molecule has 1 aliphatic heterocycles. The van der Waals surface area contributed by atoms with E-state index in [4.69, 9.17) is 0 Å². The molecule has 1 saturated heterocycles. The zero-order valence-corrected chi connectivity index (χ0v) is 17.5. The van der Waals surface area contributed by atoms with E-state index in [-0.39, 0.29) is 41.4 Å². The van der Waals surface area contributed by atoms with Crippen molar-refractivity contribution < 1.29 is 14.4 Å². The average molecular weight is 412 g/mol. The van der Waals surface area contributed by atoms with Crippen LogP contribution in [-0.2, 0) is 9.59 Å². The number of allylic oxidation sites excluding steroid dienone is 2. The van der Waals surface area contributed by atoms with Crippen molar-refractivity contribution in [2.24, 2.45) is 35.5 Å². The molecule has 5 heteroatoms. The molecular weight excluding hydrogens is 388 g/mol. The van der Waals surface area contributed by atoms with Gasteiger partial charge in [-0.3, -0.25) is 14.4 Å². The Hall–Kier alpha value is -3.21. The Bertz CT molecular complexity index is 1150. The number of hydrogen-bond donors (Lipinski definition) is 1. The molecule has 6 atom stereocenters. The van der Waals surface area contributed by atoms with Gasteiger partial charge in [-0.2, -0.15) is 0 Å². The van der Waals surface area contributed by atoms with Gasteiger partial charge in [-0.05, 0) is 79.3 Å². The predicted molar refractivity (Wildman–Crippen MR) is 118 cm³/mol. The number of aryl methyl sites for hydroxylation is 2. The number of nitrogens with zero attached hydrogens (tertiary/aromatic N) is 1. The quantitative estimate of drug-likeness (QED) is 0.609. The minimum Gasteiger partial charge on any atom is -0.322 e. The van der Waals surface area contributed by atoms with E-state index in [1.165, 1.54) is 4.90 Å². The van der Waals surface area contributed by atoms with Gasteiger partial charge in [-0.25, -0.2) is 4.90 Å². The van der Waals surface area contributed by atoms with Gasteiger partial charge >= 0.3 is 0 Å². The van der Waals surface area contributed by atoms with Crippen LogP contribution in [0.2, 0.25) is 0 Å². The molecule has 0 spiro atoms. The van der Waals surface area contributed by atoms with E-state index in [0.29, 0.717) is 28.8 Å². The minimum atomic E-state index is -0.321. The van der Waals surface area contributed by atoms with Gasteiger partial charge in [-0.1, -0.05) is 30.4 Å². The molecule has 2 bridgehead atoms. The topological polar surface area (TPSA) is 66.5 Å². The third-order valence-corrected chi connectivity index (χ3v) is 7.82. The summed E-state index contributed by atoms with van der Waals surface area (Å²) in [5.41, 5.74) is 3.66. The zero-order chi connectivity index (χ0) is 21.4. The third kappa shape index (κ3) is 2.59. The first-order valence-corrected chi connectivity index (χ1v) is 11.0. The molecule has 3 fully saturated rings. The summed E-state index contributed by atoms with van der Waals surface area (Å²) in [4.78, 5) is 41.4. The molecule has 2 aromatic carbocycles. The fourth-order valence-electron chi connectivity index (χ4n) is 6.07. The monoisotopic (exact) mass is 412 g/mol. The standard InChI is InChI=1S/C26H24N2O3/c1-13-7-8-15(11-14(13)2)27-24(29)18-5-3-4-6-21(18)28-25(30)22-16-9-10-17(20-12-19(16)20)23(22)26(28)31/h3-11,16-17,19-20,22-23H,12H2,1-2H3,(H,27,29)/t16-,17+,19-,20+,22+,23-. The summed E-state index contributed by atoms with van der Waals surface area (Å²) in [6, 6.07) is 12.7. The highest BCUT2D eigenvalue weighted by Gasteiger charge is 2.67. The van der Waals surface area contributed by atoms with Gasteiger partial charge < -0.3 is 5.32 Å². The van der Waals surface area contributed by atoms with Gasteiger partial charge in [0, 0.05) is 5.69 Å². The molecule has 31 heavy (non-hydrogen) atoms. The van der Waals surface area contributed by atoms with Crippen LogP contribution < -0.4 is 10.2 Å². The molecule has 1 N–H and O–H groups in total. The molecule has 2 aromatic rings. The molecule has 4 aliphatic carbocycles. The second kappa shape index (κ2) is 6.39. The van der Waals surface area contributed by atoms with Gasteiger partial charge in [0.2, 0.25) is 11.8 Å². The van der Waals surface area contributed by atoms with Crippen molar-refractivity contribution in [1.29, 1.82) is 0 Å². The molecule has 3 amide bonds. The normalized spacial score (nSPS) is 32.1. The van der Waals surface area contributed by atoms with E-state index >= 15 is 0 Å². The lowest BCUT2D eigenvalue weighted by Gasteiger charge is -2.37. The van der Waals surface area contributed by atoms with Crippen molar-refractivity contribution in [3.8, 4) is 0 Å². The number of imide groups is 1. The summed E-state index contributed by atoms with van der Waals surface area (Å²) >= 11 is 0. The van der Waals surface area contributed by atoms with Crippen LogP contribution >= 0.6 is 0 Å². The zero-order valence-electron chi connectivity index (χ0n) is 17.5. The average Bonchev–Trinajstić information content (AvgIpc) is 3.54. The molecule has 0 aromatic heterocycles. The van der Waals surface area contributed by atoms with E-state index in [2.05, 4.69) is 17.5 Å². The van der Waals surface area contributed by atoms with E-state index in [0.717, 1.165) is 17.5 Å². The molecule has 0 unspecified atom stereocenters. The van der Waals surface area contributed by atoms with Crippen LogP contribution in [0.5, 0.6) is 0 Å². The number of amides is 3. The molecule has 2 saturated carbocycles. The highest BCUT2D eigenvalue weighted by molar-refractivity contribution is 6.25. The van der Waals surface area contributed by atoms with Crippen LogP contribution in [0.3, 0.4) is 0 Å². The van der Waals surface area contributed by atoms with E-state index in [1.54, 1.807) is 24.3 Å². The van der Waals surface area contributed by atoms with Crippen LogP contribution in [0.1, 0.15) is 27.9 Å². The lowest BCUT2D eigenvalue weighted by atomic mass is 9.63. The van der Waals surface area contributed by atoms with E-state index < -0.39 is 0 Å². The first kappa shape index (κ1) is 18.6. The maximum atomic E-state index is 13.5. The Morgan fingerprint density at radius 3 is 2.19 bits per heavy atom. The first-order chi connectivity index (χ1) is 15.0. The van der Waals surface area contributed by atoms with E-state index in [9.17, 15) is 14.4 Å². The van der Waals surface area contributed by atoms with Crippen molar-refractivity contribution in [3.63, 3.8) is 0 Å². The summed E-state index contributed by atoms with van der Waals surface area (Å²) < 4.78 is 0. The number of benzene rings is 2. The van der Waals surface area contributed by atoms with Gasteiger partial charge in [0.1, 0.15) is 0 Å². The Labute approximate surface area is 181 Å². The summed E-state index contributed by atoms with van der Waals surface area (Å²) in [5.74, 6) is 0.267. The lowest BCUT2D eigenvalue weighted by Crippen LogP contribution is -2.40. The van der Waals surface area contributed by atoms with Gasteiger partial charge in [0.05, 0.1) is 23.1 Å². The predicted octanol–water partition coefficient (Wildman–Crippen LogP) is 4.11. The van der Waals surface area contributed by atoms with Crippen LogP contribution in [-0.4, -0.2) is 17.7 Å². The SMILES string of the molecule is Cc1ccc(NC(=O)c2ccccc2N2C(=O)[C@@H]3[C@H]4C=C[C@H]([C@H]5C[C@@H]45)[C@@H]3C2=O)cc1C. The fraction of sp³-hybridized carbons (Fsp3) is 0.346. The lowest BCUT2D eigenvalue weighted by molar-refractivity contribution is -0.124. The Balaban J connectivity index is 1.34. The summed E-state index contributed by atoms with van der Waals surface area (Å²) in [6.45, 7) is 4.02. The van der Waals surface area contributed by atoms with Gasteiger partial charge in [-0.15, -0.1) is 0 Å². The minimum absolute atomic E-state index is 0.147. The molecular formula is C26H24N2O3. The largest absolute Gasteiger partial charge is 0.322 e. The maximum absolute atomic E-state index is 13.5.